The van der Waals surface area contributed by atoms with Crippen LogP contribution in [0.2, 0.25) is 76.6 Å². The normalized spacial score (nSPS) is 12.3. The molecule has 0 aliphatic rings. The highest BCUT2D eigenvalue weighted by molar-refractivity contribution is 6.85. The van der Waals surface area contributed by atoms with Gasteiger partial charge in [-0.3, -0.25) is 0 Å². The Morgan fingerprint density at radius 1 is 0.559 bits per heavy atom. The molecule has 0 atom stereocenters. The average molecular weight is 588 g/mol. The van der Waals surface area contributed by atoms with Crippen LogP contribution < -0.4 is 0 Å². The van der Waals surface area contributed by atoms with Crippen molar-refractivity contribution in [1.82, 2.24) is 0 Å². The maximum Gasteiger partial charge on any atom is 0.173 e. The van der Waals surface area contributed by atoms with E-state index in [1.165, 1.54) is 12.1 Å². The van der Waals surface area contributed by atoms with Gasteiger partial charge >= 0.3 is 0 Å². The fraction of sp³-hybridized carbons (Fsp3) is 1.00. The van der Waals surface area contributed by atoms with Crippen LogP contribution in [0.5, 0.6) is 0 Å². The fourth-order valence-corrected chi connectivity index (χ4v) is 22.3. The van der Waals surface area contributed by atoms with Gasteiger partial charge in [0.15, 0.2) is 33.3 Å². The lowest BCUT2D eigenvalue weighted by Gasteiger charge is -2.34. The third kappa shape index (κ3) is 23.7. The van der Waals surface area contributed by atoms with Gasteiger partial charge in [-0.05, 0) is 113 Å². The van der Waals surface area contributed by atoms with E-state index in [1.807, 2.05) is 0 Å². The number of hydrogen-bond donors (Lipinski definition) is 0. The molecule has 0 rings (SSSR count). The third-order valence-corrected chi connectivity index (χ3v) is 20.7. The first-order chi connectivity index (χ1) is 15.7. The quantitative estimate of drug-likeness (QED) is 0.0396. The second-order valence-corrected chi connectivity index (χ2v) is 29.4. The van der Waals surface area contributed by atoms with Crippen molar-refractivity contribution < 1.29 is 8.23 Å². The molecule has 0 spiro atoms. The van der Waals surface area contributed by atoms with Crippen LogP contribution in [-0.4, -0.2) is 58.1 Å². The third-order valence-electron chi connectivity index (χ3n) is 5.13. The van der Waals surface area contributed by atoms with Gasteiger partial charge in [0.2, 0.25) is 0 Å². The van der Waals surface area contributed by atoms with E-state index < -0.39 is 33.3 Å². The molecule has 0 aromatic heterocycles. The topological polar surface area (TPSA) is 116 Å². The summed E-state index contributed by atoms with van der Waals surface area (Å²) >= 11 is 11.4. The second kappa shape index (κ2) is 19.1. The summed E-state index contributed by atoms with van der Waals surface area (Å²) in [5, 5.41) is 7.11. The SMILES string of the molecule is C[Si](C)(CCCCl)O[Si](C)(C)CCCCl.C[Si](C)(CCCN=[N+]=[N-])O[Si](C)(C)CCCN=[N+]=[N-]. The number of alkyl halides is 2. The van der Waals surface area contributed by atoms with Crippen LogP contribution in [-0.2, 0) is 8.23 Å². The smallest absolute Gasteiger partial charge is 0.173 e. The summed E-state index contributed by atoms with van der Waals surface area (Å²) in [6.07, 6.45) is 3.96. The van der Waals surface area contributed by atoms with Gasteiger partial charge < -0.3 is 8.23 Å². The molecule has 14 heteroatoms. The first-order valence-electron chi connectivity index (χ1n) is 12.2. The minimum atomic E-state index is -1.68. The van der Waals surface area contributed by atoms with E-state index in [9.17, 15) is 0 Å². The zero-order chi connectivity index (χ0) is 26.7. The highest BCUT2D eigenvalue weighted by atomic mass is 35.5. The van der Waals surface area contributed by atoms with Crippen molar-refractivity contribution in [2.24, 2.45) is 10.2 Å². The van der Waals surface area contributed by atoms with E-state index >= 15 is 0 Å². The molecular formula is C20H48Cl2N6O2Si4. The largest absolute Gasteiger partial charge is 0.455 e. The first-order valence-corrected chi connectivity index (χ1v) is 25.7. The number of azide groups is 2. The molecule has 0 amide bonds. The summed E-state index contributed by atoms with van der Waals surface area (Å²) in [6.45, 7) is 19.2. The number of rotatable bonds is 18. The van der Waals surface area contributed by atoms with Crippen molar-refractivity contribution in [2.45, 2.75) is 102 Å². The Morgan fingerprint density at radius 2 is 0.824 bits per heavy atom. The van der Waals surface area contributed by atoms with Crippen molar-refractivity contribution in [3.63, 3.8) is 0 Å². The summed E-state index contributed by atoms with van der Waals surface area (Å²) in [7, 11) is -6.32. The van der Waals surface area contributed by atoms with Crippen LogP contribution in [0.4, 0.5) is 0 Å². The highest BCUT2D eigenvalue weighted by Crippen LogP contribution is 2.25. The Kier molecular flexibility index (Phi) is 20.4. The fourth-order valence-electron chi connectivity index (χ4n) is 3.93. The number of hydrogen-bond acceptors (Lipinski definition) is 4. The van der Waals surface area contributed by atoms with Crippen LogP contribution in [0.1, 0.15) is 25.7 Å². The molecule has 0 aliphatic heterocycles. The number of halogens is 2. The van der Waals surface area contributed by atoms with Crippen molar-refractivity contribution in [3.8, 4) is 0 Å². The molecule has 8 nitrogen and oxygen atoms in total. The van der Waals surface area contributed by atoms with Gasteiger partial charge in [0.25, 0.3) is 0 Å². The van der Waals surface area contributed by atoms with Gasteiger partial charge in [-0.2, -0.15) is 0 Å². The van der Waals surface area contributed by atoms with Crippen molar-refractivity contribution >= 4 is 56.5 Å². The van der Waals surface area contributed by atoms with Crippen molar-refractivity contribution in [1.29, 1.82) is 0 Å². The molecule has 0 heterocycles. The van der Waals surface area contributed by atoms with E-state index in [0.29, 0.717) is 13.1 Å². The van der Waals surface area contributed by atoms with E-state index in [1.54, 1.807) is 0 Å². The van der Waals surface area contributed by atoms with E-state index in [2.05, 4.69) is 72.4 Å². The maximum absolute atomic E-state index is 8.23. The van der Waals surface area contributed by atoms with Gasteiger partial charge in [0, 0.05) is 34.7 Å². The van der Waals surface area contributed by atoms with Crippen LogP contribution in [0.25, 0.3) is 20.9 Å². The lowest BCUT2D eigenvalue weighted by atomic mass is 10.5. The van der Waals surface area contributed by atoms with E-state index in [0.717, 1.165) is 49.5 Å². The molecule has 0 aromatic carbocycles. The van der Waals surface area contributed by atoms with Crippen LogP contribution in [0.3, 0.4) is 0 Å². The predicted molar refractivity (Wildman–Crippen MR) is 159 cm³/mol. The summed E-state index contributed by atoms with van der Waals surface area (Å²) in [5.74, 6) is 1.51. The molecule has 0 saturated carbocycles. The standard InChI is InChI=1S/C10H24Cl2OSi2.C10H24N6OSi2/c1-14(2,9-5-7-11)13-15(3,4)10-6-8-12;1-18(2,9-5-7-13-15-11)17-19(3,4)10-6-8-14-16-12/h5-10H2,1-4H3;5-10H2,1-4H3. The molecule has 0 radical (unpaired) electrons. The molecule has 0 saturated heterocycles. The van der Waals surface area contributed by atoms with Crippen molar-refractivity contribution in [3.05, 3.63) is 20.9 Å². The molecule has 0 aromatic rings. The maximum atomic E-state index is 8.23. The van der Waals surface area contributed by atoms with Crippen LogP contribution in [0, 0.1) is 0 Å². The Balaban J connectivity index is 0. The lowest BCUT2D eigenvalue weighted by molar-refractivity contribution is 0.531. The van der Waals surface area contributed by atoms with E-state index in [-0.39, 0.29) is 0 Å². The van der Waals surface area contributed by atoms with Crippen LogP contribution in [0.15, 0.2) is 10.2 Å². The predicted octanol–water partition coefficient (Wildman–Crippen LogP) is 9.48. The lowest BCUT2D eigenvalue weighted by Crippen LogP contribution is -2.44. The van der Waals surface area contributed by atoms with Gasteiger partial charge in [0.05, 0.1) is 0 Å². The Hall–Kier alpha value is -0.0125. The Bertz CT molecular complexity index is 593. The molecule has 0 bridgehead atoms. The molecule has 0 aliphatic carbocycles. The van der Waals surface area contributed by atoms with Gasteiger partial charge in [-0.25, -0.2) is 0 Å². The van der Waals surface area contributed by atoms with Crippen molar-refractivity contribution in [2.75, 3.05) is 24.8 Å². The summed E-state index contributed by atoms with van der Waals surface area (Å²) in [5.41, 5.74) is 16.5. The van der Waals surface area contributed by atoms with Gasteiger partial charge in [-0.15, -0.1) is 23.2 Å². The van der Waals surface area contributed by atoms with E-state index in [4.69, 9.17) is 42.5 Å². The zero-order valence-electron chi connectivity index (χ0n) is 22.7. The first kappa shape index (κ1) is 36.1. The molecule has 0 unspecified atom stereocenters. The van der Waals surface area contributed by atoms with Gasteiger partial charge in [-0.1, -0.05) is 10.2 Å². The molecule has 200 valence electrons. The number of nitrogens with zero attached hydrogens (tertiary/aromatic N) is 6. The molecule has 0 fully saturated rings. The monoisotopic (exact) mass is 586 g/mol. The Labute approximate surface area is 222 Å². The van der Waals surface area contributed by atoms with Crippen LogP contribution >= 0.6 is 23.2 Å². The second-order valence-electron chi connectivity index (χ2n) is 10.9. The Morgan fingerprint density at radius 3 is 1.06 bits per heavy atom. The minimum absolute atomic E-state index is 0.551. The average Bonchev–Trinajstić information content (AvgIpc) is 2.70. The van der Waals surface area contributed by atoms with Gasteiger partial charge in [0.1, 0.15) is 0 Å². The minimum Gasteiger partial charge on any atom is -0.455 e. The molecule has 0 N–H and O–H groups in total. The summed E-state index contributed by atoms with van der Waals surface area (Å²) in [6, 6.07) is 4.37. The summed E-state index contributed by atoms with van der Waals surface area (Å²) in [4.78, 5) is 5.51. The molecule has 34 heavy (non-hydrogen) atoms. The molecular weight excluding hydrogens is 540 g/mol. The summed E-state index contributed by atoms with van der Waals surface area (Å²) < 4.78 is 12.8. The zero-order valence-corrected chi connectivity index (χ0v) is 28.3. The highest BCUT2D eigenvalue weighted by Gasteiger charge is 2.32.